The molecular weight excluding hydrogens is 266 g/mol. The zero-order valence-electron chi connectivity index (χ0n) is 12.0. The fourth-order valence-corrected chi connectivity index (χ4v) is 3.84. The van der Waals surface area contributed by atoms with Gasteiger partial charge in [0, 0.05) is 38.9 Å². The molecule has 1 aliphatic heterocycles. The molecule has 1 aliphatic rings. The Labute approximate surface area is 117 Å². The van der Waals surface area contributed by atoms with E-state index in [9.17, 15) is 8.42 Å². The first kappa shape index (κ1) is 16.8. The van der Waals surface area contributed by atoms with Gasteiger partial charge in [0.05, 0.1) is 0 Å². The van der Waals surface area contributed by atoms with Crippen LogP contribution in [0.15, 0.2) is 0 Å². The van der Waals surface area contributed by atoms with E-state index in [0.29, 0.717) is 39.3 Å². The molecule has 0 aromatic carbocycles. The van der Waals surface area contributed by atoms with E-state index in [0.717, 1.165) is 19.3 Å². The van der Waals surface area contributed by atoms with Crippen molar-refractivity contribution in [3.63, 3.8) is 0 Å². The van der Waals surface area contributed by atoms with Crippen LogP contribution >= 0.6 is 0 Å². The lowest BCUT2D eigenvalue weighted by molar-refractivity contribution is 0.145. The van der Waals surface area contributed by atoms with E-state index >= 15 is 0 Å². The van der Waals surface area contributed by atoms with Crippen molar-refractivity contribution in [3.8, 4) is 0 Å². The van der Waals surface area contributed by atoms with Gasteiger partial charge in [0.2, 0.25) is 0 Å². The van der Waals surface area contributed by atoms with E-state index in [4.69, 9.17) is 4.74 Å². The first-order chi connectivity index (χ1) is 9.11. The number of hydrogen-bond acceptors (Lipinski definition) is 4. The molecule has 1 heterocycles. The molecule has 7 heteroatoms. The van der Waals surface area contributed by atoms with Crippen molar-refractivity contribution in [1.82, 2.24) is 14.3 Å². The Kier molecular flexibility index (Phi) is 7.86. The zero-order valence-corrected chi connectivity index (χ0v) is 12.8. The van der Waals surface area contributed by atoms with Gasteiger partial charge in [0.1, 0.15) is 0 Å². The topological polar surface area (TPSA) is 70.7 Å². The van der Waals surface area contributed by atoms with E-state index in [1.165, 1.54) is 0 Å². The van der Waals surface area contributed by atoms with Crippen molar-refractivity contribution in [2.24, 2.45) is 0 Å². The zero-order chi connectivity index (χ0) is 14.1. The second-order valence-electron chi connectivity index (χ2n) is 4.77. The second-order valence-corrected chi connectivity index (χ2v) is 6.48. The molecule has 0 spiro atoms. The lowest BCUT2D eigenvalue weighted by Gasteiger charge is -2.34. The minimum absolute atomic E-state index is 0.0724. The molecule has 6 nitrogen and oxygen atoms in total. The van der Waals surface area contributed by atoms with Gasteiger partial charge in [0.25, 0.3) is 10.2 Å². The minimum Gasteiger partial charge on any atom is -0.382 e. The summed E-state index contributed by atoms with van der Waals surface area (Å²) >= 11 is 0. The number of nitrogens with one attached hydrogen (secondary N) is 2. The first-order valence-electron chi connectivity index (χ1n) is 7.10. The molecule has 0 radical (unpaired) electrons. The van der Waals surface area contributed by atoms with Crippen LogP contribution in [0, 0.1) is 0 Å². The molecular formula is C12H27N3O3S. The smallest absolute Gasteiger partial charge is 0.279 e. The fourth-order valence-electron chi connectivity index (χ4n) is 2.33. The standard InChI is InChI=1S/C12H27N3O3S/c1-3-18-10-6-8-14-19(16,17)15-9-5-4-7-12(15)11-13-2/h12-14H,3-11H2,1-2H3. The van der Waals surface area contributed by atoms with Crippen molar-refractivity contribution >= 4 is 10.2 Å². The van der Waals surface area contributed by atoms with Crippen LogP contribution in [0.4, 0.5) is 0 Å². The highest BCUT2D eigenvalue weighted by Gasteiger charge is 2.31. The molecule has 0 amide bonds. The van der Waals surface area contributed by atoms with E-state index in [2.05, 4.69) is 10.0 Å². The Bertz CT molecular complexity index is 333. The largest absolute Gasteiger partial charge is 0.382 e. The Hall–Kier alpha value is -0.210. The van der Waals surface area contributed by atoms with Gasteiger partial charge in [-0.3, -0.25) is 0 Å². The number of likely N-dealkylation sites (N-methyl/N-ethyl adjacent to an activating group) is 1. The molecule has 0 aliphatic carbocycles. The van der Waals surface area contributed by atoms with Crippen molar-refractivity contribution in [2.45, 2.75) is 38.6 Å². The average Bonchev–Trinajstić information content (AvgIpc) is 2.39. The summed E-state index contributed by atoms with van der Waals surface area (Å²) in [7, 11) is -1.50. The Morgan fingerprint density at radius 1 is 1.37 bits per heavy atom. The molecule has 0 aromatic rings. The third-order valence-corrected chi connectivity index (χ3v) is 4.94. The molecule has 0 bridgehead atoms. The summed E-state index contributed by atoms with van der Waals surface area (Å²) in [6.07, 6.45) is 3.68. The first-order valence-corrected chi connectivity index (χ1v) is 8.54. The summed E-state index contributed by atoms with van der Waals surface area (Å²) in [5, 5.41) is 3.07. The average molecular weight is 293 g/mol. The molecule has 1 saturated heterocycles. The molecule has 114 valence electrons. The number of piperidine rings is 1. The minimum atomic E-state index is -3.35. The van der Waals surface area contributed by atoms with E-state index in [1.54, 1.807) is 4.31 Å². The quantitative estimate of drug-likeness (QED) is 0.601. The lowest BCUT2D eigenvalue weighted by Crippen LogP contribution is -2.52. The van der Waals surface area contributed by atoms with Crippen molar-refractivity contribution < 1.29 is 13.2 Å². The van der Waals surface area contributed by atoms with E-state index in [1.807, 2.05) is 14.0 Å². The van der Waals surface area contributed by atoms with Gasteiger partial charge >= 0.3 is 0 Å². The molecule has 0 saturated carbocycles. The van der Waals surface area contributed by atoms with Gasteiger partial charge in [-0.05, 0) is 33.2 Å². The predicted molar refractivity (Wildman–Crippen MR) is 76.3 cm³/mol. The Morgan fingerprint density at radius 2 is 2.16 bits per heavy atom. The third kappa shape index (κ3) is 5.74. The fraction of sp³-hybridized carbons (Fsp3) is 1.00. The summed E-state index contributed by atoms with van der Waals surface area (Å²) in [5.41, 5.74) is 0. The molecule has 0 aromatic heterocycles. The van der Waals surface area contributed by atoms with Gasteiger partial charge in [-0.15, -0.1) is 0 Å². The maximum atomic E-state index is 12.2. The maximum Gasteiger partial charge on any atom is 0.279 e. The second kappa shape index (κ2) is 8.86. The van der Waals surface area contributed by atoms with Crippen molar-refractivity contribution in [1.29, 1.82) is 0 Å². The molecule has 1 atom stereocenters. The summed E-state index contributed by atoms with van der Waals surface area (Å²) in [6.45, 7) is 4.96. The Balaban J connectivity index is 2.44. The summed E-state index contributed by atoms with van der Waals surface area (Å²) in [4.78, 5) is 0. The summed E-state index contributed by atoms with van der Waals surface area (Å²) in [5.74, 6) is 0. The molecule has 19 heavy (non-hydrogen) atoms. The van der Waals surface area contributed by atoms with Crippen LogP contribution in [0.2, 0.25) is 0 Å². The molecule has 1 rings (SSSR count). The highest BCUT2D eigenvalue weighted by atomic mass is 32.2. The SMILES string of the molecule is CCOCCCNS(=O)(=O)N1CCCCC1CNC. The van der Waals surface area contributed by atoms with Gasteiger partial charge in [-0.1, -0.05) is 6.42 Å². The maximum absolute atomic E-state index is 12.2. The normalized spacial score (nSPS) is 21.7. The van der Waals surface area contributed by atoms with Crippen LogP contribution in [-0.4, -0.2) is 58.7 Å². The van der Waals surface area contributed by atoms with E-state index < -0.39 is 10.2 Å². The third-order valence-electron chi connectivity index (χ3n) is 3.28. The van der Waals surface area contributed by atoms with Crippen molar-refractivity contribution in [3.05, 3.63) is 0 Å². The molecule has 1 fully saturated rings. The molecule has 2 N–H and O–H groups in total. The van der Waals surface area contributed by atoms with Gasteiger partial charge in [-0.2, -0.15) is 12.7 Å². The number of ether oxygens (including phenoxy) is 1. The summed E-state index contributed by atoms with van der Waals surface area (Å²) < 4.78 is 34.0. The molecule has 1 unspecified atom stereocenters. The van der Waals surface area contributed by atoms with Crippen LogP contribution in [-0.2, 0) is 14.9 Å². The van der Waals surface area contributed by atoms with E-state index in [-0.39, 0.29) is 6.04 Å². The highest BCUT2D eigenvalue weighted by Crippen LogP contribution is 2.19. The van der Waals surface area contributed by atoms with Gasteiger partial charge in [0.15, 0.2) is 0 Å². The van der Waals surface area contributed by atoms with Crippen LogP contribution < -0.4 is 10.0 Å². The predicted octanol–water partition coefficient (Wildman–Crippen LogP) is 0.321. The Morgan fingerprint density at radius 3 is 2.84 bits per heavy atom. The van der Waals surface area contributed by atoms with Crippen LogP contribution in [0.25, 0.3) is 0 Å². The number of hydrogen-bond donors (Lipinski definition) is 2. The summed E-state index contributed by atoms with van der Waals surface area (Å²) in [6, 6.07) is 0.0724. The van der Waals surface area contributed by atoms with Gasteiger partial charge < -0.3 is 10.1 Å². The van der Waals surface area contributed by atoms with Crippen LogP contribution in [0.1, 0.15) is 32.6 Å². The highest BCUT2D eigenvalue weighted by molar-refractivity contribution is 7.87. The van der Waals surface area contributed by atoms with Crippen LogP contribution in [0.3, 0.4) is 0 Å². The van der Waals surface area contributed by atoms with Crippen molar-refractivity contribution in [2.75, 3.05) is 39.9 Å². The number of nitrogens with zero attached hydrogens (tertiary/aromatic N) is 1. The van der Waals surface area contributed by atoms with Gasteiger partial charge in [-0.25, -0.2) is 4.72 Å². The monoisotopic (exact) mass is 293 g/mol. The lowest BCUT2D eigenvalue weighted by atomic mass is 10.1. The van der Waals surface area contributed by atoms with Crippen LogP contribution in [0.5, 0.6) is 0 Å². The number of rotatable bonds is 9.